The molecule has 18 heavy (non-hydrogen) atoms. The molecule has 0 bridgehead atoms. The molecule has 4 nitrogen and oxygen atoms in total. The summed E-state index contributed by atoms with van der Waals surface area (Å²) < 4.78 is 5.28. The number of allylic oxidation sites excluding steroid dienone is 1. The second kappa shape index (κ2) is 5.01. The van der Waals surface area contributed by atoms with Crippen molar-refractivity contribution in [3.63, 3.8) is 0 Å². The van der Waals surface area contributed by atoms with Crippen molar-refractivity contribution in [2.45, 2.75) is 0 Å². The maximum atomic E-state index is 11.8. The Labute approximate surface area is 107 Å². The van der Waals surface area contributed by atoms with Crippen LogP contribution in [0.2, 0.25) is 0 Å². The third kappa shape index (κ3) is 2.41. The van der Waals surface area contributed by atoms with Crippen LogP contribution < -0.4 is 0 Å². The predicted molar refractivity (Wildman–Crippen MR) is 68.9 cm³/mol. The number of ketones is 1. The van der Waals surface area contributed by atoms with Gasteiger partial charge < -0.3 is 9.84 Å². The van der Waals surface area contributed by atoms with Gasteiger partial charge in [0.15, 0.2) is 5.78 Å². The molecule has 0 saturated heterocycles. The third-order valence-electron chi connectivity index (χ3n) is 2.33. The lowest BCUT2D eigenvalue weighted by Crippen LogP contribution is -2.06. The number of rotatable bonds is 3. The van der Waals surface area contributed by atoms with E-state index in [0.717, 1.165) is 23.3 Å². The largest absolute Gasteiger partial charge is 0.502 e. The van der Waals surface area contributed by atoms with Gasteiger partial charge in [0, 0.05) is 10.8 Å². The van der Waals surface area contributed by atoms with Crippen molar-refractivity contribution < 1.29 is 19.4 Å². The number of aliphatic hydroxyl groups excluding tert-OH is 1. The van der Waals surface area contributed by atoms with Gasteiger partial charge in [0.05, 0.1) is 12.0 Å². The highest BCUT2D eigenvalue weighted by molar-refractivity contribution is 7.21. The number of ether oxygens (including phenoxy) is 1. The Morgan fingerprint density at radius 3 is 2.72 bits per heavy atom. The maximum absolute atomic E-state index is 11.8. The zero-order valence-corrected chi connectivity index (χ0v) is 10.4. The van der Waals surface area contributed by atoms with Crippen LogP contribution in [0.4, 0.5) is 0 Å². The number of aliphatic hydroxyl groups is 1. The summed E-state index contributed by atoms with van der Waals surface area (Å²) in [6.07, 6.45) is 0.872. The van der Waals surface area contributed by atoms with Gasteiger partial charge in [0.1, 0.15) is 0 Å². The molecule has 2 aromatic rings. The summed E-state index contributed by atoms with van der Waals surface area (Å²) in [6.45, 7) is 0. The van der Waals surface area contributed by atoms with E-state index in [0.29, 0.717) is 4.88 Å². The molecule has 2 rings (SSSR count). The first kappa shape index (κ1) is 12.3. The van der Waals surface area contributed by atoms with Crippen LogP contribution in [0.3, 0.4) is 0 Å². The molecule has 1 aromatic carbocycles. The van der Waals surface area contributed by atoms with Crippen molar-refractivity contribution in [3.05, 3.63) is 47.0 Å². The summed E-state index contributed by atoms with van der Waals surface area (Å²) in [5.41, 5.74) is 0. The Kier molecular flexibility index (Phi) is 3.43. The average molecular weight is 262 g/mol. The lowest BCUT2D eigenvalue weighted by molar-refractivity contribution is -0.139. The van der Waals surface area contributed by atoms with Gasteiger partial charge >= 0.3 is 5.97 Å². The third-order valence-corrected chi connectivity index (χ3v) is 3.46. The topological polar surface area (TPSA) is 63.6 Å². The number of thiophene rings is 1. The fourth-order valence-electron chi connectivity index (χ4n) is 1.46. The molecular weight excluding hydrogens is 252 g/mol. The molecule has 0 saturated carbocycles. The van der Waals surface area contributed by atoms with Crippen molar-refractivity contribution in [1.29, 1.82) is 0 Å². The Morgan fingerprint density at radius 1 is 1.33 bits per heavy atom. The molecule has 0 aliphatic carbocycles. The Bertz CT molecular complexity index is 606. The molecular formula is C13H10O4S. The molecule has 0 fully saturated rings. The van der Waals surface area contributed by atoms with Gasteiger partial charge in [-0.1, -0.05) is 18.2 Å². The molecule has 0 aliphatic rings. The molecule has 5 heteroatoms. The minimum atomic E-state index is -0.926. The number of hydrogen-bond donors (Lipinski definition) is 1. The van der Waals surface area contributed by atoms with E-state index in [-0.39, 0.29) is 0 Å². The standard InChI is InChI=1S/C13H10O4S/c1-17-13(16)10(15)7-9(14)12-6-8-4-2-3-5-11(8)18-12/h2-7,15H,1H3/b10-7-. The summed E-state index contributed by atoms with van der Waals surface area (Å²) in [6, 6.07) is 9.29. The molecule has 92 valence electrons. The van der Waals surface area contributed by atoms with E-state index >= 15 is 0 Å². The van der Waals surface area contributed by atoms with Crippen molar-refractivity contribution >= 4 is 33.2 Å². The van der Waals surface area contributed by atoms with Crippen LogP contribution in [0.25, 0.3) is 10.1 Å². The van der Waals surface area contributed by atoms with Gasteiger partial charge in [-0.3, -0.25) is 4.79 Å². The van der Waals surface area contributed by atoms with Crippen molar-refractivity contribution in [2.75, 3.05) is 7.11 Å². The number of fused-ring (bicyclic) bond motifs is 1. The number of methoxy groups -OCH3 is 1. The van der Waals surface area contributed by atoms with Crippen molar-refractivity contribution in [1.82, 2.24) is 0 Å². The lowest BCUT2D eigenvalue weighted by atomic mass is 10.2. The van der Waals surface area contributed by atoms with Gasteiger partial charge in [-0.25, -0.2) is 4.79 Å². The van der Waals surface area contributed by atoms with Gasteiger partial charge in [-0.15, -0.1) is 11.3 Å². The van der Waals surface area contributed by atoms with Crippen molar-refractivity contribution in [3.8, 4) is 0 Å². The quantitative estimate of drug-likeness (QED) is 0.400. The fourth-order valence-corrected chi connectivity index (χ4v) is 2.44. The van der Waals surface area contributed by atoms with Crippen LogP contribution in [0.5, 0.6) is 0 Å². The molecule has 0 unspecified atom stereocenters. The molecule has 0 aliphatic heterocycles. The normalized spacial score (nSPS) is 11.5. The maximum Gasteiger partial charge on any atom is 0.373 e. The summed E-state index contributed by atoms with van der Waals surface area (Å²) >= 11 is 1.31. The Hall–Kier alpha value is -2.14. The first-order valence-electron chi connectivity index (χ1n) is 5.13. The van der Waals surface area contributed by atoms with E-state index < -0.39 is 17.5 Å². The summed E-state index contributed by atoms with van der Waals surface area (Å²) in [7, 11) is 1.14. The number of carbonyl (C=O) groups excluding carboxylic acids is 2. The first-order chi connectivity index (χ1) is 8.61. The number of esters is 1. The van der Waals surface area contributed by atoms with E-state index in [9.17, 15) is 14.7 Å². The fraction of sp³-hybridized carbons (Fsp3) is 0.0769. The van der Waals surface area contributed by atoms with Crippen LogP contribution in [0.1, 0.15) is 9.67 Å². The van der Waals surface area contributed by atoms with E-state index in [1.54, 1.807) is 6.07 Å². The highest BCUT2D eigenvalue weighted by Gasteiger charge is 2.13. The lowest BCUT2D eigenvalue weighted by Gasteiger charge is -1.95. The van der Waals surface area contributed by atoms with Crippen LogP contribution in [0.15, 0.2) is 42.2 Å². The monoisotopic (exact) mass is 262 g/mol. The van der Waals surface area contributed by atoms with E-state index in [2.05, 4.69) is 4.74 Å². The van der Waals surface area contributed by atoms with E-state index in [4.69, 9.17) is 0 Å². The minimum Gasteiger partial charge on any atom is -0.502 e. The van der Waals surface area contributed by atoms with Crippen LogP contribution in [0, 0.1) is 0 Å². The Morgan fingerprint density at radius 2 is 2.06 bits per heavy atom. The van der Waals surface area contributed by atoms with Gasteiger partial charge in [-0.2, -0.15) is 0 Å². The summed E-state index contributed by atoms with van der Waals surface area (Å²) in [5.74, 6) is -2.04. The molecule has 0 radical (unpaired) electrons. The SMILES string of the molecule is COC(=O)/C(O)=C/C(=O)c1cc2ccccc2s1. The Balaban J connectivity index is 2.31. The minimum absolute atomic E-state index is 0.417. The highest BCUT2D eigenvalue weighted by atomic mass is 32.1. The number of benzene rings is 1. The molecule has 1 aromatic heterocycles. The molecule has 0 amide bonds. The van der Waals surface area contributed by atoms with Crippen LogP contribution in [-0.2, 0) is 9.53 Å². The second-order valence-corrected chi connectivity index (χ2v) is 4.62. The van der Waals surface area contributed by atoms with Crippen LogP contribution in [-0.4, -0.2) is 24.0 Å². The smallest absolute Gasteiger partial charge is 0.373 e. The summed E-state index contributed by atoms with van der Waals surface area (Å²) in [5, 5.41) is 10.3. The predicted octanol–water partition coefficient (Wildman–Crippen LogP) is 2.70. The van der Waals surface area contributed by atoms with Gasteiger partial charge in [0.2, 0.25) is 5.76 Å². The molecule has 0 atom stereocenters. The number of hydrogen-bond acceptors (Lipinski definition) is 5. The van der Waals surface area contributed by atoms with E-state index in [1.807, 2.05) is 24.3 Å². The van der Waals surface area contributed by atoms with Gasteiger partial charge in [0.25, 0.3) is 0 Å². The van der Waals surface area contributed by atoms with Crippen LogP contribution >= 0.6 is 11.3 Å². The number of carbonyl (C=O) groups is 2. The zero-order chi connectivity index (χ0) is 13.1. The van der Waals surface area contributed by atoms with Crippen molar-refractivity contribution in [2.24, 2.45) is 0 Å². The van der Waals surface area contributed by atoms with Gasteiger partial charge in [-0.05, 0) is 17.5 Å². The molecule has 1 heterocycles. The summed E-state index contributed by atoms with van der Waals surface area (Å²) in [4.78, 5) is 23.2. The highest BCUT2D eigenvalue weighted by Crippen LogP contribution is 2.25. The first-order valence-corrected chi connectivity index (χ1v) is 5.95. The van der Waals surface area contributed by atoms with E-state index in [1.165, 1.54) is 11.3 Å². The second-order valence-electron chi connectivity index (χ2n) is 3.53. The average Bonchev–Trinajstić information content (AvgIpc) is 2.81. The zero-order valence-electron chi connectivity index (χ0n) is 9.54. The molecule has 0 spiro atoms. The molecule has 1 N–H and O–H groups in total.